The number of hydrogen-bond acceptors (Lipinski definition) is 6. The summed E-state index contributed by atoms with van der Waals surface area (Å²) < 4.78 is 40.9. The molecule has 0 amide bonds. The predicted molar refractivity (Wildman–Crippen MR) is 240 cm³/mol. The minimum atomic E-state index is -0.372. The lowest BCUT2D eigenvalue weighted by molar-refractivity contribution is -0.141. The molecule has 0 saturated carbocycles. The highest BCUT2D eigenvalue weighted by Crippen LogP contribution is 2.41. The first-order chi connectivity index (χ1) is 29.8. The van der Waals surface area contributed by atoms with E-state index in [0.29, 0.717) is 55.4 Å². The number of ether oxygens (including phenoxy) is 4. The molecule has 312 valence electrons. The monoisotopic (exact) mass is 836 g/mol. The van der Waals surface area contributed by atoms with Crippen molar-refractivity contribution in [3.8, 4) is 28.0 Å². The highest BCUT2D eigenvalue weighted by Gasteiger charge is 2.33. The largest absolute Gasteiger partial charge is 0.497 e. The Balaban J connectivity index is 1.08. The van der Waals surface area contributed by atoms with Crippen molar-refractivity contribution in [2.45, 2.75) is 70.9 Å². The summed E-state index contributed by atoms with van der Waals surface area (Å²) in [4.78, 5) is 0. The molecule has 0 bridgehead atoms. The zero-order chi connectivity index (χ0) is 42.3. The standard InChI is InChI=1S/C53H50ClFO6/c1-34-18-19-40(49(22-34)46-15-6-4-12-39(46)30-57)32-59-33-44-26-43(60-31-35-10-9-13-36(23-35)45-14-5-3-11-38(45)29-56)28-52(61-44)50-25-41(53(54)48-17-8-7-16-47(48)50)24-37-20-21-42(58-2)27-51(37)55/h3-23,25,27,43-44,52,56-57H,24,26,28-33H2,1-2H3/t43-,44?,52+/m0/s1. The predicted octanol–water partition coefficient (Wildman–Crippen LogP) is 11.9. The van der Waals surface area contributed by atoms with Crippen molar-refractivity contribution in [1.82, 2.24) is 0 Å². The van der Waals surface area contributed by atoms with E-state index in [0.717, 1.165) is 72.0 Å². The van der Waals surface area contributed by atoms with E-state index in [-0.39, 0.29) is 37.3 Å². The third-order valence-electron chi connectivity index (χ3n) is 11.6. The highest BCUT2D eigenvalue weighted by atomic mass is 35.5. The van der Waals surface area contributed by atoms with E-state index in [1.165, 1.54) is 13.2 Å². The van der Waals surface area contributed by atoms with E-state index in [2.05, 4.69) is 55.5 Å². The van der Waals surface area contributed by atoms with Gasteiger partial charge in [-0.2, -0.15) is 0 Å². The summed E-state index contributed by atoms with van der Waals surface area (Å²) in [6.07, 6.45) is 0.646. The van der Waals surface area contributed by atoms with Gasteiger partial charge < -0.3 is 29.2 Å². The van der Waals surface area contributed by atoms with E-state index in [4.69, 9.17) is 30.5 Å². The second-order valence-corrected chi connectivity index (χ2v) is 16.2. The van der Waals surface area contributed by atoms with Crippen LogP contribution in [-0.4, -0.2) is 36.1 Å². The van der Waals surface area contributed by atoms with Gasteiger partial charge in [0.1, 0.15) is 11.6 Å². The lowest BCUT2D eigenvalue weighted by atomic mass is 9.89. The van der Waals surface area contributed by atoms with Crippen molar-refractivity contribution in [2.24, 2.45) is 0 Å². The molecule has 1 unspecified atom stereocenters. The Morgan fingerprint density at radius 3 is 2.16 bits per heavy atom. The van der Waals surface area contributed by atoms with Gasteiger partial charge in [-0.05, 0) is 85.6 Å². The van der Waals surface area contributed by atoms with Crippen molar-refractivity contribution in [2.75, 3.05) is 13.7 Å². The average Bonchev–Trinajstić information content (AvgIpc) is 3.30. The Hall–Kier alpha value is -5.38. The SMILES string of the molecule is COc1ccc(Cc2cc([C@H]3C[C@@H](OCc4cccc(-c5ccccc5CO)c4)CC(COCc4ccc(C)cc4-c4ccccc4CO)O3)c3ccccc3c2Cl)c(F)c1. The van der Waals surface area contributed by atoms with Crippen LogP contribution in [0.5, 0.6) is 5.75 Å². The van der Waals surface area contributed by atoms with Crippen LogP contribution >= 0.6 is 11.6 Å². The van der Waals surface area contributed by atoms with Crippen molar-refractivity contribution in [3.05, 3.63) is 195 Å². The lowest BCUT2D eigenvalue weighted by Crippen LogP contribution is -2.36. The van der Waals surface area contributed by atoms with Gasteiger partial charge in [-0.25, -0.2) is 4.39 Å². The first-order valence-corrected chi connectivity index (χ1v) is 21.1. The third-order valence-corrected chi connectivity index (χ3v) is 12.1. The van der Waals surface area contributed by atoms with Crippen LogP contribution in [-0.2, 0) is 47.1 Å². The van der Waals surface area contributed by atoms with Crippen LogP contribution in [0.3, 0.4) is 0 Å². The second-order valence-electron chi connectivity index (χ2n) is 15.8. The van der Waals surface area contributed by atoms with Gasteiger partial charge in [0, 0.05) is 30.7 Å². The maximum absolute atomic E-state index is 15.3. The van der Waals surface area contributed by atoms with Crippen LogP contribution in [0.15, 0.2) is 140 Å². The minimum Gasteiger partial charge on any atom is -0.497 e. The van der Waals surface area contributed by atoms with Crippen LogP contribution in [0.2, 0.25) is 5.02 Å². The molecule has 61 heavy (non-hydrogen) atoms. The summed E-state index contributed by atoms with van der Waals surface area (Å²) in [5.41, 5.74) is 11.2. The van der Waals surface area contributed by atoms with Gasteiger partial charge >= 0.3 is 0 Å². The van der Waals surface area contributed by atoms with E-state index in [1.807, 2.05) is 72.8 Å². The summed E-state index contributed by atoms with van der Waals surface area (Å²) >= 11 is 7.12. The van der Waals surface area contributed by atoms with Gasteiger partial charge in [0.25, 0.3) is 0 Å². The van der Waals surface area contributed by atoms with Gasteiger partial charge in [0.05, 0.1) is 63.5 Å². The molecule has 1 heterocycles. The number of rotatable bonds is 15. The Bertz CT molecular complexity index is 2630. The Morgan fingerprint density at radius 2 is 1.39 bits per heavy atom. The average molecular weight is 837 g/mol. The van der Waals surface area contributed by atoms with E-state index in [9.17, 15) is 10.2 Å². The number of aliphatic hydroxyl groups excluding tert-OH is 2. The molecule has 7 aromatic carbocycles. The van der Waals surface area contributed by atoms with Gasteiger partial charge in [0.15, 0.2) is 0 Å². The summed E-state index contributed by atoms with van der Waals surface area (Å²) in [5, 5.41) is 22.6. The molecular weight excluding hydrogens is 787 g/mol. The van der Waals surface area contributed by atoms with Gasteiger partial charge in [0.2, 0.25) is 0 Å². The van der Waals surface area contributed by atoms with E-state index in [1.54, 1.807) is 12.1 Å². The van der Waals surface area contributed by atoms with Crippen LogP contribution in [0, 0.1) is 12.7 Å². The number of methoxy groups -OCH3 is 1. The number of hydrogen-bond donors (Lipinski definition) is 2. The number of fused-ring (bicyclic) bond motifs is 1. The third kappa shape index (κ3) is 9.74. The zero-order valence-corrected chi connectivity index (χ0v) is 35.2. The van der Waals surface area contributed by atoms with Crippen LogP contribution in [0.25, 0.3) is 33.0 Å². The molecule has 1 saturated heterocycles. The molecule has 8 heteroatoms. The fraction of sp³-hybridized carbons (Fsp3) is 0.245. The van der Waals surface area contributed by atoms with Crippen molar-refractivity contribution in [3.63, 3.8) is 0 Å². The molecule has 7 aromatic rings. The van der Waals surface area contributed by atoms with Gasteiger partial charge in [-0.1, -0.05) is 138 Å². The van der Waals surface area contributed by atoms with E-state index >= 15 is 4.39 Å². The number of benzene rings is 7. The minimum absolute atomic E-state index is 0.0405. The number of aryl methyl sites for hydroxylation is 1. The molecule has 2 N–H and O–H groups in total. The summed E-state index contributed by atoms with van der Waals surface area (Å²) in [6, 6.07) is 45.4. The topological polar surface area (TPSA) is 77.4 Å². The van der Waals surface area contributed by atoms with Crippen LogP contribution < -0.4 is 4.74 Å². The smallest absolute Gasteiger partial charge is 0.130 e. The van der Waals surface area contributed by atoms with Crippen molar-refractivity contribution in [1.29, 1.82) is 0 Å². The maximum Gasteiger partial charge on any atom is 0.130 e. The molecule has 8 rings (SSSR count). The van der Waals surface area contributed by atoms with Crippen LogP contribution in [0.4, 0.5) is 4.39 Å². The van der Waals surface area contributed by atoms with Gasteiger partial charge in [-0.15, -0.1) is 0 Å². The Labute approximate surface area is 362 Å². The summed E-state index contributed by atoms with van der Waals surface area (Å²) in [6.45, 7) is 3.04. The summed E-state index contributed by atoms with van der Waals surface area (Å²) in [5.74, 6) is 0.0990. The number of halogens is 2. The van der Waals surface area contributed by atoms with Gasteiger partial charge in [-0.3, -0.25) is 0 Å². The lowest BCUT2D eigenvalue weighted by Gasteiger charge is -2.36. The highest BCUT2D eigenvalue weighted by molar-refractivity contribution is 6.36. The first-order valence-electron chi connectivity index (χ1n) is 20.8. The fourth-order valence-electron chi connectivity index (χ4n) is 8.51. The molecule has 0 spiro atoms. The normalized spacial score (nSPS) is 16.5. The van der Waals surface area contributed by atoms with E-state index < -0.39 is 0 Å². The molecule has 1 aliphatic rings. The maximum atomic E-state index is 15.3. The Morgan fingerprint density at radius 1 is 0.672 bits per heavy atom. The van der Waals surface area contributed by atoms with Crippen molar-refractivity contribution >= 4 is 22.4 Å². The second kappa shape index (κ2) is 19.6. The number of aliphatic hydroxyl groups is 2. The molecule has 0 aromatic heterocycles. The Kier molecular flexibility index (Phi) is 13.6. The first kappa shape index (κ1) is 42.3. The molecule has 1 fully saturated rings. The summed E-state index contributed by atoms with van der Waals surface area (Å²) in [7, 11) is 1.52. The molecule has 1 aliphatic heterocycles. The van der Waals surface area contributed by atoms with Crippen LogP contribution in [0.1, 0.15) is 63.5 Å². The molecule has 6 nitrogen and oxygen atoms in total. The quantitative estimate of drug-likeness (QED) is 0.107. The zero-order valence-electron chi connectivity index (χ0n) is 34.5. The molecule has 0 radical (unpaired) electrons. The molecular formula is C53H50ClFO6. The fourth-order valence-corrected chi connectivity index (χ4v) is 8.80. The molecule has 0 aliphatic carbocycles. The van der Waals surface area contributed by atoms with Crippen molar-refractivity contribution < 1.29 is 33.6 Å². The molecule has 3 atom stereocenters.